The van der Waals surface area contributed by atoms with Gasteiger partial charge in [-0.3, -0.25) is 14.4 Å². The maximum Gasteiger partial charge on any atom is 0.261 e. The van der Waals surface area contributed by atoms with Crippen molar-refractivity contribution < 1.29 is 27.1 Å². The molecular formula is C26H28FN3O5S. The monoisotopic (exact) mass is 513 g/mol. The fraction of sp³-hybridized carbons (Fsp3) is 0.269. The molecule has 36 heavy (non-hydrogen) atoms. The van der Waals surface area contributed by atoms with Crippen LogP contribution < -0.4 is 14.8 Å². The van der Waals surface area contributed by atoms with Gasteiger partial charge in [-0.25, -0.2) is 12.8 Å². The number of methoxy groups -OCH3 is 1. The molecule has 0 unspecified atom stereocenters. The third-order valence-corrected chi connectivity index (χ3v) is 7.32. The highest BCUT2D eigenvalue weighted by atomic mass is 32.2. The molecule has 2 N–H and O–H groups in total. The SMILES string of the molecule is COc1ccc([C@@H](CNC(=O)c2cccc(S(=O)(=O)Nc3ccc(F)cc3)c2)N2CCOCC2)cc1. The summed E-state index contributed by atoms with van der Waals surface area (Å²) in [6.07, 6.45) is 0. The number of nitrogens with one attached hydrogen (secondary N) is 2. The van der Waals surface area contributed by atoms with Crippen molar-refractivity contribution in [1.82, 2.24) is 10.2 Å². The number of rotatable bonds is 9. The smallest absolute Gasteiger partial charge is 0.261 e. The molecule has 0 aliphatic carbocycles. The molecule has 3 aromatic rings. The quantitative estimate of drug-likeness (QED) is 0.455. The van der Waals surface area contributed by atoms with E-state index >= 15 is 0 Å². The Morgan fingerprint density at radius 2 is 1.75 bits per heavy atom. The number of halogens is 1. The number of ether oxygens (including phenoxy) is 2. The largest absolute Gasteiger partial charge is 0.497 e. The number of nitrogens with zero attached hydrogens (tertiary/aromatic N) is 1. The summed E-state index contributed by atoms with van der Waals surface area (Å²) in [4.78, 5) is 15.2. The lowest BCUT2D eigenvalue weighted by atomic mass is 10.0. The van der Waals surface area contributed by atoms with Crippen LogP contribution >= 0.6 is 0 Å². The summed E-state index contributed by atoms with van der Waals surface area (Å²) in [7, 11) is -2.36. The van der Waals surface area contributed by atoms with E-state index in [9.17, 15) is 17.6 Å². The van der Waals surface area contributed by atoms with Gasteiger partial charge in [0.15, 0.2) is 0 Å². The van der Waals surface area contributed by atoms with Crippen LogP contribution in [0.5, 0.6) is 5.75 Å². The van der Waals surface area contributed by atoms with Crippen LogP contribution in [0.4, 0.5) is 10.1 Å². The van der Waals surface area contributed by atoms with Gasteiger partial charge in [0, 0.05) is 30.9 Å². The minimum Gasteiger partial charge on any atom is -0.497 e. The van der Waals surface area contributed by atoms with E-state index in [2.05, 4.69) is 14.9 Å². The van der Waals surface area contributed by atoms with Crippen LogP contribution in [0.25, 0.3) is 0 Å². The van der Waals surface area contributed by atoms with Crippen molar-refractivity contribution in [2.24, 2.45) is 0 Å². The van der Waals surface area contributed by atoms with E-state index in [1.807, 2.05) is 24.3 Å². The van der Waals surface area contributed by atoms with Crippen LogP contribution in [0.3, 0.4) is 0 Å². The molecule has 1 fully saturated rings. The summed E-state index contributed by atoms with van der Waals surface area (Å²) >= 11 is 0. The zero-order valence-electron chi connectivity index (χ0n) is 19.8. The second kappa shape index (κ2) is 11.5. The van der Waals surface area contributed by atoms with Crippen LogP contribution in [0.1, 0.15) is 22.0 Å². The van der Waals surface area contributed by atoms with Crippen molar-refractivity contribution in [2.75, 3.05) is 44.7 Å². The van der Waals surface area contributed by atoms with Gasteiger partial charge in [0.1, 0.15) is 11.6 Å². The van der Waals surface area contributed by atoms with Gasteiger partial charge in [-0.1, -0.05) is 18.2 Å². The van der Waals surface area contributed by atoms with E-state index in [4.69, 9.17) is 9.47 Å². The fourth-order valence-electron chi connectivity index (χ4n) is 4.00. The van der Waals surface area contributed by atoms with Crippen molar-refractivity contribution >= 4 is 21.6 Å². The minimum absolute atomic E-state index is 0.0700. The summed E-state index contributed by atoms with van der Waals surface area (Å²) in [5.74, 6) is -0.113. The van der Waals surface area contributed by atoms with E-state index in [1.54, 1.807) is 13.2 Å². The van der Waals surface area contributed by atoms with Gasteiger partial charge in [0.2, 0.25) is 0 Å². The minimum atomic E-state index is -3.97. The lowest BCUT2D eigenvalue weighted by molar-refractivity contribution is 0.0162. The maximum absolute atomic E-state index is 13.1. The Bertz CT molecular complexity index is 1280. The van der Waals surface area contributed by atoms with Crippen LogP contribution in [-0.2, 0) is 14.8 Å². The molecule has 0 spiro atoms. The fourth-order valence-corrected chi connectivity index (χ4v) is 5.10. The number of carbonyl (C=O) groups excluding carboxylic acids is 1. The molecule has 190 valence electrons. The zero-order chi connectivity index (χ0) is 25.5. The highest BCUT2D eigenvalue weighted by Crippen LogP contribution is 2.24. The molecule has 4 rings (SSSR count). The first-order valence-electron chi connectivity index (χ1n) is 11.5. The first-order chi connectivity index (χ1) is 17.4. The van der Waals surface area contributed by atoms with Crippen molar-refractivity contribution in [3.05, 3.63) is 89.7 Å². The molecule has 1 aliphatic heterocycles. The molecule has 0 bridgehead atoms. The van der Waals surface area contributed by atoms with Crippen LogP contribution in [0.15, 0.2) is 77.7 Å². The Kier molecular flexibility index (Phi) is 8.19. The van der Waals surface area contributed by atoms with Crippen molar-refractivity contribution in [2.45, 2.75) is 10.9 Å². The molecule has 1 atom stereocenters. The molecular weight excluding hydrogens is 485 g/mol. The van der Waals surface area contributed by atoms with Gasteiger partial charge in [0.25, 0.3) is 15.9 Å². The average molecular weight is 514 g/mol. The first kappa shape index (κ1) is 25.6. The van der Waals surface area contributed by atoms with Crippen molar-refractivity contribution in [3.63, 3.8) is 0 Å². The molecule has 3 aromatic carbocycles. The Morgan fingerprint density at radius 3 is 2.42 bits per heavy atom. The van der Waals surface area contributed by atoms with Gasteiger partial charge in [-0.2, -0.15) is 0 Å². The predicted octanol–water partition coefficient (Wildman–Crippen LogP) is 3.44. The lowest BCUT2D eigenvalue weighted by Crippen LogP contribution is -2.43. The molecule has 1 heterocycles. The molecule has 0 saturated carbocycles. The number of sulfonamides is 1. The predicted molar refractivity (Wildman–Crippen MR) is 134 cm³/mol. The Labute approximate surface area is 210 Å². The van der Waals surface area contributed by atoms with Gasteiger partial charge >= 0.3 is 0 Å². The Hall–Kier alpha value is -3.47. The van der Waals surface area contributed by atoms with Crippen molar-refractivity contribution in [3.8, 4) is 5.75 Å². The molecule has 1 saturated heterocycles. The third-order valence-electron chi connectivity index (χ3n) is 5.95. The highest BCUT2D eigenvalue weighted by molar-refractivity contribution is 7.92. The van der Waals surface area contributed by atoms with Crippen LogP contribution in [-0.4, -0.2) is 59.2 Å². The number of amides is 1. The van der Waals surface area contributed by atoms with Gasteiger partial charge in [0.05, 0.1) is 31.3 Å². The maximum atomic E-state index is 13.1. The van der Waals surface area contributed by atoms with E-state index in [1.165, 1.54) is 30.3 Å². The molecule has 1 amide bonds. The number of hydrogen-bond acceptors (Lipinski definition) is 6. The van der Waals surface area contributed by atoms with E-state index in [0.29, 0.717) is 19.8 Å². The summed E-state index contributed by atoms with van der Waals surface area (Å²) in [6.45, 7) is 3.02. The summed E-state index contributed by atoms with van der Waals surface area (Å²) in [6, 6.07) is 18.4. The summed E-state index contributed by atoms with van der Waals surface area (Å²) < 4.78 is 51.9. The average Bonchev–Trinajstić information content (AvgIpc) is 2.91. The third kappa shape index (κ3) is 6.39. The second-order valence-electron chi connectivity index (χ2n) is 8.29. The topological polar surface area (TPSA) is 97.0 Å². The zero-order valence-corrected chi connectivity index (χ0v) is 20.6. The normalized spacial score (nSPS) is 15.2. The Balaban J connectivity index is 1.48. The summed E-state index contributed by atoms with van der Waals surface area (Å²) in [5.41, 5.74) is 1.46. The van der Waals surface area contributed by atoms with Gasteiger partial charge in [-0.15, -0.1) is 0 Å². The molecule has 0 aromatic heterocycles. The van der Waals surface area contributed by atoms with Gasteiger partial charge < -0.3 is 14.8 Å². The van der Waals surface area contributed by atoms with E-state index < -0.39 is 15.8 Å². The van der Waals surface area contributed by atoms with E-state index in [-0.39, 0.29) is 28.1 Å². The number of anilines is 1. The molecule has 1 aliphatic rings. The number of morpholine rings is 1. The summed E-state index contributed by atoms with van der Waals surface area (Å²) in [5, 5.41) is 2.95. The number of benzene rings is 3. The van der Waals surface area contributed by atoms with Crippen molar-refractivity contribution in [1.29, 1.82) is 0 Å². The highest BCUT2D eigenvalue weighted by Gasteiger charge is 2.24. The van der Waals surface area contributed by atoms with Gasteiger partial charge in [-0.05, 0) is 60.2 Å². The van der Waals surface area contributed by atoms with E-state index in [0.717, 1.165) is 36.5 Å². The van der Waals surface area contributed by atoms with Crippen LogP contribution in [0, 0.1) is 5.82 Å². The molecule has 8 nitrogen and oxygen atoms in total. The lowest BCUT2D eigenvalue weighted by Gasteiger charge is -2.35. The van der Waals surface area contributed by atoms with Crippen LogP contribution in [0.2, 0.25) is 0 Å². The first-order valence-corrected chi connectivity index (χ1v) is 13.0. The standard InChI is InChI=1S/C26H28FN3O5S/c1-34-23-11-5-19(6-12-23)25(30-13-15-35-16-14-30)18-28-26(31)20-3-2-4-24(17-20)36(32,33)29-22-9-7-21(27)8-10-22/h2-12,17,25,29H,13-16,18H2,1H3,(H,28,31)/t25-/m1/s1. The molecule has 0 radical (unpaired) electrons. The second-order valence-corrected chi connectivity index (χ2v) is 9.97. The Morgan fingerprint density at radius 1 is 1.06 bits per heavy atom. The molecule has 10 heteroatoms. The number of carbonyl (C=O) groups is 1. The number of hydrogen-bond donors (Lipinski definition) is 2.